The molecule has 3 rings (SSSR count). The number of aromatic nitrogens is 2. The van der Waals surface area contributed by atoms with Crippen molar-refractivity contribution in [3.8, 4) is 11.3 Å². The Morgan fingerprint density at radius 3 is 3.05 bits per heavy atom. The van der Waals surface area contributed by atoms with E-state index in [1.165, 1.54) is 11.8 Å². The Bertz CT molecular complexity index is 763. The number of aromatic amines is 1. The Balaban J connectivity index is 2.11. The van der Waals surface area contributed by atoms with E-state index >= 15 is 0 Å². The maximum absolute atomic E-state index is 11.4. The summed E-state index contributed by atoms with van der Waals surface area (Å²) >= 11 is 5.12. The molecule has 0 spiro atoms. The molecule has 1 N–H and O–H groups in total. The van der Waals surface area contributed by atoms with E-state index < -0.39 is 5.97 Å². The Hall–Kier alpha value is -1.66. The van der Waals surface area contributed by atoms with Gasteiger partial charge in [0.25, 0.3) is 0 Å². The number of nitrogens with one attached hydrogen (secondary N) is 1. The van der Waals surface area contributed by atoms with Gasteiger partial charge < -0.3 is 4.74 Å². The molecule has 0 unspecified atom stereocenters. The van der Waals surface area contributed by atoms with E-state index in [9.17, 15) is 4.79 Å². The fourth-order valence-corrected chi connectivity index (χ4v) is 3.17. The summed E-state index contributed by atoms with van der Waals surface area (Å²) in [5.41, 5.74) is 2.10. The second kappa shape index (κ2) is 4.79. The first kappa shape index (κ1) is 12.4. The van der Waals surface area contributed by atoms with Crippen LogP contribution in [-0.2, 0) is 4.74 Å². The van der Waals surface area contributed by atoms with Crippen molar-refractivity contribution in [3.63, 3.8) is 0 Å². The predicted molar refractivity (Wildman–Crippen MR) is 78.4 cm³/mol. The fourth-order valence-electron chi connectivity index (χ4n) is 1.87. The molecule has 2 heterocycles. The minimum Gasteiger partial charge on any atom is -0.464 e. The zero-order valence-corrected chi connectivity index (χ0v) is 12.3. The predicted octanol–water partition coefficient (Wildman–Crippen LogP) is 3.84. The number of H-pyrrole nitrogens is 1. The standard InChI is InChI=1S/C13H9BrN2O2S/c1-18-13(17)11-5-10(15-16-11)9-6-19-12-3-2-7(14)4-8(9)12/h2-6H,1H3,(H,15,16). The summed E-state index contributed by atoms with van der Waals surface area (Å²) in [6.45, 7) is 0. The highest BCUT2D eigenvalue weighted by Crippen LogP contribution is 2.34. The minimum atomic E-state index is -0.417. The molecule has 1 aromatic carbocycles. The number of esters is 1. The zero-order valence-electron chi connectivity index (χ0n) is 9.94. The largest absolute Gasteiger partial charge is 0.464 e. The number of nitrogens with zero attached hydrogens (tertiary/aromatic N) is 1. The second-order valence-electron chi connectivity index (χ2n) is 3.95. The molecule has 19 heavy (non-hydrogen) atoms. The van der Waals surface area contributed by atoms with Gasteiger partial charge in [0.05, 0.1) is 12.8 Å². The SMILES string of the molecule is COC(=O)c1cc(-c2csc3ccc(Br)cc23)n[nH]1. The molecule has 2 aromatic heterocycles. The molecule has 0 atom stereocenters. The normalized spacial score (nSPS) is 10.8. The topological polar surface area (TPSA) is 55.0 Å². The smallest absolute Gasteiger partial charge is 0.356 e. The maximum Gasteiger partial charge on any atom is 0.356 e. The number of rotatable bonds is 2. The van der Waals surface area contributed by atoms with Crippen LogP contribution in [0.1, 0.15) is 10.5 Å². The van der Waals surface area contributed by atoms with Crippen LogP contribution in [0.15, 0.2) is 34.1 Å². The molecule has 3 aromatic rings. The third kappa shape index (κ3) is 2.17. The molecule has 0 bridgehead atoms. The zero-order chi connectivity index (χ0) is 13.4. The van der Waals surface area contributed by atoms with Gasteiger partial charge in [0, 0.05) is 25.5 Å². The van der Waals surface area contributed by atoms with Gasteiger partial charge in [-0.1, -0.05) is 15.9 Å². The van der Waals surface area contributed by atoms with Crippen LogP contribution in [0.4, 0.5) is 0 Å². The molecule has 0 saturated heterocycles. The van der Waals surface area contributed by atoms with Crippen molar-refractivity contribution in [3.05, 3.63) is 39.8 Å². The number of carbonyl (C=O) groups is 1. The molecule has 0 fully saturated rings. The van der Waals surface area contributed by atoms with Crippen molar-refractivity contribution < 1.29 is 9.53 Å². The summed E-state index contributed by atoms with van der Waals surface area (Å²) < 4.78 is 6.86. The number of carbonyl (C=O) groups excluding carboxylic acids is 1. The molecular weight excluding hydrogens is 328 g/mol. The first-order valence-electron chi connectivity index (χ1n) is 5.50. The Morgan fingerprint density at radius 2 is 2.26 bits per heavy atom. The number of benzene rings is 1. The minimum absolute atomic E-state index is 0.354. The molecule has 4 nitrogen and oxygen atoms in total. The first-order valence-corrected chi connectivity index (χ1v) is 7.17. The number of hydrogen-bond donors (Lipinski definition) is 1. The molecule has 0 aliphatic rings. The number of methoxy groups -OCH3 is 1. The summed E-state index contributed by atoms with van der Waals surface area (Å²) in [4.78, 5) is 11.4. The molecule has 6 heteroatoms. The highest BCUT2D eigenvalue weighted by atomic mass is 79.9. The van der Waals surface area contributed by atoms with Crippen LogP contribution < -0.4 is 0 Å². The highest BCUT2D eigenvalue weighted by Gasteiger charge is 2.14. The second-order valence-corrected chi connectivity index (χ2v) is 5.78. The van der Waals surface area contributed by atoms with E-state index in [4.69, 9.17) is 0 Å². The summed E-state index contributed by atoms with van der Waals surface area (Å²) in [6.07, 6.45) is 0. The van der Waals surface area contributed by atoms with Crippen LogP contribution >= 0.6 is 27.3 Å². The molecule has 0 aliphatic heterocycles. The third-order valence-electron chi connectivity index (χ3n) is 2.79. The maximum atomic E-state index is 11.4. The van der Waals surface area contributed by atoms with Gasteiger partial charge in [-0.25, -0.2) is 4.79 Å². The lowest BCUT2D eigenvalue weighted by molar-refractivity contribution is 0.0594. The van der Waals surface area contributed by atoms with E-state index in [0.717, 1.165) is 21.1 Å². The van der Waals surface area contributed by atoms with Crippen LogP contribution in [0.25, 0.3) is 21.3 Å². The van der Waals surface area contributed by atoms with Gasteiger partial charge in [0.15, 0.2) is 0 Å². The molecule has 96 valence electrons. The lowest BCUT2D eigenvalue weighted by Crippen LogP contribution is -2.00. The van der Waals surface area contributed by atoms with Gasteiger partial charge in [0.1, 0.15) is 5.69 Å². The first-order chi connectivity index (χ1) is 9.19. The average molecular weight is 337 g/mol. The van der Waals surface area contributed by atoms with Crippen LogP contribution in [0, 0.1) is 0 Å². The van der Waals surface area contributed by atoms with Crippen molar-refractivity contribution in [1.82, 2.24) is 10.2 Å². The lowest BCUT2D eigenvalue weighted by Gasteiger charge is -1.95. The van der Waals surface area contributed by atoms with Crippen molar-refractivity contribution >= 4 is 43.3 Å². The Morgan fingerprint density at radius 1 is 1.42 bits per heavy atom. The van der Waals surface area contributed by atoms with E-state index in [2.05, 4.69) is 36.9 Å². The molecule has 0 saturated carbocycles. The van der Waals surface area contributed by atoms with Crippen molar-refractivity contribution in [2.24, 2.45) is 0 Å². The number of halogens is 1. The molecule has 0 amide bonds. The summed E-state index contributed by atoms with van der Waals surface area (Å²) in [5, 5.41) is 10.0. The van der Waals surface area contributed by atoms with Gasteiger partial charge in [0.2, 0.25) is 0 Å². The van der Waals surface area contributed by atoms with E-state index in [1.54, 1.807) is 17.4 Å². The summed E-state index contributed by atoms with van der Waals surface area (Å²) in [6, 6.07) is 7.82. The van der Waals surface area contributed by atoms with Crippen molar-refractivity contribution in [2.75, 3.05) is 7.11 Å². The van der Waals surface area contributed by atoms with Crippen LogP contribution in [0.2, 0.25) is 0 Å². The fraction of sp³-hybridized carbons (Fsp3) is 0.0769. The Kier molecular flexibility index (Phi) is 3.12. The number of hydrogen-bond acceptors (Lipinski definition) is 4. The van der Waals surface area contributed by atoms with Crippen LogP contribution in [0.3, 0.4) is 0 Å². The van der Waals surface area contributed by atoms with Gasteiger partial charge in [-0.2, -0.15) is 5.10 Å². The van der Waals surface area contributed by atoms with E-state index in [-0.39, 0.29) is 0 Å². The molecule has 0 radical (unpaired) electrons. The number of fused-ring (bicyclic) bond motifs is 1. The van der Waals surface area contributed by atoms with Gasteiger partial charge in [-0.15, -0.1) is 11.3 Å². The highest BCUT2D eigenvalue weighted by molar-refractivity contribution is 9.10. The van der Waals surface area contributed by atoms with Gasteiger partial charge >= 0.3 is 5.97 Å². The molecular formula is C13H9BrN2O2S. The summed E-state index contributed by atoms with van der Waals surface area (Å²) in [7, 11) is 1.35. The molecule has 0 aliphatic carbocycles. The monoisotopic (exact) mass is 336 g/mol. The quantitative estimate of drug-likeness (QED) is 0.723. The van der Waals surface area contributed by atoms with E-state index in [1.807, 2.05) is 17.5 Å². The van der Waals surface area contributed by atoms with Crippen molar-refractivity contribution in [1.29, 1.82) is 0 Å². The Labute approximate surface area is 121 Å². The lowest BCUT2D eigenvalue weighted by atomic mass is 10.1. The van der Waals surface area contributed by atoms with Crippen LogP contribution in [0.5, 0.6) is 0 Å². The number of ether oxygens (including phenoxy) is 1. The summed E-state index contributed by atoms with van der Waals surface area (Å²) in [5.74, 6) is -0.417. The van der Waals surface area contributed by atoms with E-state index in [0.29, 0.717) is 5.69 Å². The number of thiophene rings is 1. The van der Waals surface area contributed by atoms with Gasteiger partial charge in [-0.05, 0) is 24.3 Å². The van der Waals surface area contributed by atoms with Gasteiger partial charge in [-0.3, -0.25) is 5.10 Å². The van der Waals surface area contributed by atoms with Crippen LogP contribution in [-0.4, -0.2) is 23.3 Å². The third-order valence-corrected chi connectivity index (χ3v) is 4.25. The van der Waals surface area contributed by atoms with Crippen molar-refractivity contribution in [2.45, 2.75) is 0 Å². The average Bonchev–Trinajstić information content (AvgIpc) is 3.03.